The smallest absolute Gasteiger partial charge is 0.152 e. The van der Waals surface area contributed by atoms with Crippen LogP contribution in [0.25, 0.3) is 0 Å². The standard InChI is InChI=1S/C13H25N3O3S/c14-10-13(2-8-20(17,18)11-13)16-3-1-12(9-16)15-4-6-19-7-5-15/h12H,1-11,14H2. The molecule has 3 fully saturated rings. The highest BCUT2D eigenvalue weighted by Crippen LogP contribution is 2.33. The van der Waals surface area contributed by atoms with Crippen molar-refractivity contribution in [1.82, 2.24) is 9.80 Å². The molecule has 0 aromatic rings. The Morgan fingerprint density at radius 1 is 1.25 bits per heavy atom. The number of morpholine rings is 1. The SMILES string of the molecule is NCC1(N2CCC(N3CCOCC3)C2)CCS(=O)(=O)C1. The van der Waals surface area contributed by atoms with Crippen molar-refractivity contribution >= 4 is 9.84 Å². The number of hydrogen-bond donors (Lipinski definition) is 1. The molecule has 20 heavy (non-hydrogen) atoms. The predicted molar refractivity (Wildman–Crippen MR) is 77.4 cm³/mol. The summed E-state index contributed by atoms with van der Waals surface area (Å²) in [5, 5.41) is 0. The Balaban J connectivity index is 1.66. The molecular weight excluding hydrogens is 278 g/mol. The van der Waals surface area contributed by atoms with E-state index in [-0.39, 0.29) is 11.3 Å². The molecular formula is C13H25N3O3S. The summed E-state index contributed by atoms with van der Waals surface area (Å²) in [6.07, 6.45) is 1.81. The molecule has 0 aliphatic carbocycles. The van der Waals surface area contributed by atoms with Crippen molar-refractivity contribution < 1.29 is 13.2 Å². The van der Waals surface area contributed by atoms with Gasteiger partial charge in [0.2, 0.25) is 0 Å². The van der Waals surface area contributed by atoms with E-state index in [1.807, 2.05) is 0 Å². The molecule has 0 spiro atoms. The molecule has 3 saturated heterocycles. The minimum Gasteiger partial charge on any atom is -0.379 e. The maximum absolute atomic E-state index is 11.8. The predicted octanol–water partition coefficient (Wildman–Crippen LogP) is -1.09. The van der Waals surface area contributed by atoms with Gasteiger partial charge in [0.05, 0.1) is 24.7 Å². The van der Waals surface area contributed by atoms with E-state index >= 15 is 0 Å². The van der Waals surface area contributed by atoms with E-state index < -0.39 is 9.84 Å². The molecule has 116 valence electrons. The van der Waals surface area contributed by atoms with E-state index in [0.717, 1.165) is 45.8 Å². The Bertz CT molecular complexity index is 450. The molecule has 3 aliphatic rings. The van der Waals surface area contributed by atoms with Crippen LogP contribution >= 0.6 is 0 Å². The van der Waals surface area contributed by atoms with E-state index in [2.05, 4.69) is 9.80 Å². The van der Waals surface area contributed by atoms with Gasteiger partial charge in [-0.15, -0.1) is 0 Å². The van der Waals surface area contributed by atoms with Gasteiger partial charge in [0.1, 0.15) is 0 Å². The van der Waals surface area contributed by atoms with Gasteiger partial charge in [-0.2, -0.15) is 0 Å². The van der Waals surface area contributed by atoms with E-state index in [4.69, 9.17) is 10.5 Å². The first kappa shape index (κ1) is 14.7. The Morgan fingerprint density at radius 2 is 2.00 bits per heavy atom. The number of nitrogens with two attached hydrogens (primary N) is 1. The number of nitrogens with zero attached hydrogens (tertiary/aromatic N) is 2. The van der Waals surface area contributed by atoms with E-state index in [1.165, 1.54) is 0 Å². The van der Waals surface area contributed by atoms with Crippen molar-refractivity contribution in [2.75, 3.05) is 57.4 Å². The summed E-state index contributed by atoms with van der Waals surface area (Å²) in [5.41, 5.74) is 5.65. The summed E-state index contributed by atoms with van der Waals surface area (Å²) in [5.74, 6) is 0.537. The second kappa shape index (κ2) is 5.53. The average molecular weight is 303 g/mol. The van der Waals surface area contributed by atoms with Gasteiger partial charge in [0, 0.05) is 44.3 Å². The number of sulfone groups is 1. The normalized spacial score (nSPS) is 39.4. The van der Waals surface area contributed by atoms with Crippen molar-refractivity contribution in [1.29, 1.82) is 0 Å². The van der Waals surface area contributed by atoms with Gasteiger partial charge in [-0.25, -0.2) is 8.42 Å². The molecule has 0 aromatic carbocycles. The number of ether oxygens (including phenoxy) is 1. The van der Waals surface area contributed by atoms with Gasteiger partial charge in [-0.1, -0.05) is 0 Å². The zero-order chi connectivity index (χ0) is 14.2. The molecule has 2 atom stereocenters. The maximum Gasteiger partial charge on any atom is 0.152 e. The fraction of sp³-hybridized carbons (Fsp3) is 1.00. The molecule has 0 bridgehead atoms. The topological polar surface area (TPSA) is 75.9 Å². The van der Waals surface area contributed by atoms with Crippen molar-refractivity contribution in [2.45, 2.75) is 24.4 Å². The van der Waals surface area contributed by atoms with Crippen LogP contribution in [-0.4, -0.2) is 87.2 Å². The van der Waals surface area contributed by atoms with E-state index in [9.17, 15) is 8.42 Å². The minimum absolute atomic E-state index is 0.242. The molecule has 2 N–H and O–H groups in total. The number of hydrogen-bond acceptors (Lipinski definition) is 6. The first-order valence-electron chi connectivity index (χ1n) is 7.52. The molecule has 7 heteroatoms. The van der Waals surface area contributed by atoms with Gasteiger partial charge < -0.3 is 10.5 Å². The van der Waals surface area contributed by atoms with Gasteiger partial charge in [-0.05, 0) is 12.8 Å². The maximum atomic E-state index is 11.8. The summed E-state index contributed by atoms with van der Waals surface area (Å²) in [7, 11) is -2.90. The van der Waals surface area contributed by atoms with E-state index in [0.29, 0.717) is 24.8 Å². The lowest BCUT2D eigenvalue weighted by Gasteiger charge is -2.38. The van der Waals surface area contributed by atoms with Crippen LogP contribution in [0.4, 0.5) is 0 Å². The molecule has 0 aromatic heterocycles. The number of likely N-dealkylation sites (tertiary alicyclic amines) is 1. The Labute approximate surface area is 121 Å². The van der Waals surface area contributed by atoms with Crippen molar-refractivity contribution in [3.8, 4) is 0 Å². The van der Waals surface area contributed by atoms with Gasteiger partial charge >= 0.3 is 0 Å². The Hall–Kier alpha value is -0.210. The van der Waals surface area contributed by atoms with Crippen LogP contribution in [0.2, 0.25) is 0 Å². The largest absolute Gasteiger partial charge is 0.379 e. The fourth-order valence-electron chi connectivity index (χ4n) is 3.85. The van der Waals surface area contributed by atoms with Crippen LogP contribution in [0.3, 0.4) is 0 Å². The molecule has 0 radical (unpaired) electrons. The fourth-order valence-corrected chi connectivity index (χ4v) is 5.95. The van der Waals surface area contributed by atoms with Crippen LogP contribution < -0.4 is 5.73 Å². The quantitative estimate of drug-likeness (QED) is 0.714. The van der Waals surface area contributed by atoms with Crippen molar-refractivity contribution in [3.63, 3.8) is 0 Å². The zero-order valence-corrected chi connectivity index (χ0v) is 12.8. The second-order valence-corrected chi connectivity index (χ2v) is 8.49. The third-order valence-corrected chi connectivity index (χ3v) is 6.95. The highest BCUT2D eigenvalue weighted by molar-refractivity contribution is 7.91. The number of rotatable bonds is 3. The minimum atomic E-state index is -2.90. The molecule has 3 rings (SSSR count). The van der Waals surface area contributed by atoms with Crippen LogP contribution in [0.5, 0.6) is 0 Å². The molecule has 3 heterocycles. The third-order valence-electron chi connectivity index (χ3n) is 5.14. The van der Waals surface area contributed by atoms with Gasteiger partial charge in [-0.3, -0.25) is 9.80 Å². The first-order valence-corrected chi connectivity index (χ1v) is 9.34. The van der Waals surface area contributed by atoms with Gasteiger partial charge in [0.25, 0.3) is 0 Å². The lowest BCUT2D eigenvalue weighted by atomic mass is 9.97. The highest BCUT2D eigenvalue weighted by Gasteiger charge is 2.48. The summed E-state index contributed by atoms with van der Waals surface area (Å²) < 4.78 is 29.1. The van der Waals surface area contributed by atoms with Crippen LogP contribution in [-0.2, 0) is 14.6 Å². The van der Waals surface area contributed by atoms with Crippen molar-refractivity contribution in [3.05, 3.63) is 0 Å². The van der Waals surface area contributed by atoms with Crippen LogP contribution in [0, 0.1) is 0 Å². The van der Waals surface area contributed by atoms with Crippen LogP contribution in [0.15, 0.2) is 0 Å². The molecule has 6 nitrogen and oxygen atoms in total. The Morgan fingerprint density at radius 3 is 2.60 bits per heavy atom. The second-order valence-electron chi connectivity index (χ2n) is 6.31. The monoisotopic (exact) mass is 303 g/mol. The molecule has 3 aliphatic heterocycles. The lowest BCUT2D eigenvalue weighted by molar-refractivity contribution is 0.0157. The Kier molecular flexibility index (Phi) is 4.07. The summed E-state index contributed by atoms with van der Waals surface area (Å²) >= 11 is 0. The molecule has 2 unspecified atom stereocenters. The van der Waals surface area contributed by atoms with Crippen molar-refractivity contribution in [2.24, 2.45) is 5.73 Å². The average Bonchev–Trinajstić information content (AvgIpc) is 3.05. The van der Waals surface area contributed by atoms with Gasteiger partial charge in [0.15, 0.2) is 9.84 Å². The molecule has 0 amide bonds. The zero-order valence-electron chi connectivity index (χ0n) is 12.0. The lowest BCUT2D eigenvalue weighted by Crippen LogP contribution is -2.55. The third kappa shape index (κ3) is 2.74. The molecule has 0 saturated carbocycles. The summed E-state index contributed by atoms with van der Waals surface area (Å²) in [6, 6.07) is 0.533. The highest BCUT2D eigenvalue weighted by atomic mass is 32.2. The summed E-state index contributed by atoms with van der Waals surface area (Å²) in [4.78, 5) is 4.83. The first-order chi connectivity index (χ1) is 9.55. The van der Waals surface area contributed by atoms with E-state index in [1.54, 1.807) is 0 Å². The van der Waals surface area contributed by atoms with Crippen LogP contribution in [0.1, 0.15) is 12.8 Å². The summed E-state index contributed by atoms with van der Waals surface area (Å²) in [6.45, 7) is 5.97.